The molecule has 1 aliphatic heterocycles. The van der Waals surface area contributed by atoms with E-state index in [1.54, 1.807) is 0 Å². The maximum atomic E-state index is 9.98. The summed E-state index contributed by atoms with van der Waals surface area (Å²) in [6.45, 7) is -0.458. The van der Waals surface area contributed by atoms with Crippen LogP contribution in [0.3, 0.4) is 0 Å². The second-order valence-electron chi connectivity index (χ2n) is 4.43. The number of hydrogen-bond donors (Lipinski definition) is 5. The first kappa shape index (κ1) is 13.5. The summed E-state index contributed by atoms with van der Waals surface area (Å²) < 4.78 is 6.47. The first-order valence-electron chi connectivity index (χ1n) is 5.82. The number of ether oxygens (including phenoxy) is 1. The molecule has 1 fully saturated rings. The second kappa shape index (κ2) is 4.79. The van der Waals surface area contributed by atoms with Gasteiger partial charge in [-0.1, -0.05) is 0 Å². The highest BCUT2D eigenvalue weighted by molar-refractivity contribution is 6.28. The number of nitrogens with one attached hydrogen (secondary N) is 2. The van der Waals surface area contributed by atoms with Crippen LogP contribution in [0, 0.1) is 5.41 Å². The normalized spacial score (nSPS) is 30.2. The summed E-state index contributed by atoms with van der Waals surface area (Å²) in [5.41, 5.74) is 0.502. The van der Waals surface area contributed by atoms with Gasteiger partial charge in [0.05, 0.1) is 12.9 Å². The van der Waals surface area contributed by atoms with Crippen LogP contribution in [-0.2, 0) is 4.74 Å². The molecule has 2 aromatic rings. The van der Waals surface area contributed by atoms with Crippen molar-refractivity contribution in [1.29, 1.82) is 5.41 Å². The van der Waals surface area contributed by atoms with Gasteiger partial charge < -0.3 is 25.0 Å². The Morgan fingerprint density at radius 3 is 2.85 bits per heavy atom. The topological polar surface area (TPSA) is 140 Å². The average Bonchev–Trinajstić information content (AvgIpc) is 2.98. The van der Waals surface area contributed by atoms with E-state index in [4.69, 9.17) is 26.9 Å². The standard InChI is InChI=1S/C10H12ClN5O4/c11-10-15-8-4(13-2-14-8)7(12)16(10)9-6(19)5(18)3(1-17)20-9/h2-3,5-6,9,12,17-19H,1H2,(H,13,14)/t3-,5+,6-,9-/m1/s1. The largest absolute Gasteiger partial charge is 0.394 e. The van der Waals surface area contributed by atoms with E-state index in [0.717, 1.165) is 4.57 Å². The highest BCUT2D eigenvalue weighted by Gasteiger charge is 2.44. The summed E-state index contributed by atoms with van der Waals surface area (Å²) >= 11 is 5.99. The number of halogens is 1. The molecule has 4 atom stereocenters. The van der Waals surface area contributed by atoms with E-state index in [-0.39, 0.29) is 16.4 Å². The zero-order valence-corrected chi connectivity index (χ0v) is 10.8. The van der Waals surface area contributed by atoms with Crippen molar-refractivity contribution in [2.75, 3.05) is 6.61 Å². The number of rotatable bonds is 2. The van der Waals surface area contributed by atoms with Crippen LogP contribution in [0.25, 0.3) is 11.2 Å². The number of aromatic nitrogens is 4. The van der Waals surface area contributed by atoms with Gasteiger partial charge in [-0.25, -0.2) is 4.98 Å². The van der Waals surface area contributed by atoms with Gasteiger partial charge in [0.25, 0.3) is 0 Å². The summed E-state index contributed by atoms with van der Waals surface area (Å²) in [7, 11) is 0. The van der Waals surface area contributed by atoms with E-state index in [0.29, 0.717) is 5.52 Å². The SMILES string of the molecule is N=c1c2[nH]cnc2nc(Cl)n1[C@@H]1O[C@H](CO)[C@H](O)[C@H]1O. The molecule has 0 aromatic carbocycles. The van der Waals surface area contributed by atoms with Crippen LogP contribution in [-0.4, -0.2) is 59.8 Å². The average molecular weight is 302 g/mol. The number of fused-ring (bicyclic) bond motifs is 1. The molecule has 1 saturated heterocycles. The van der Waals surface area contributed by atoms with Gasteiger partial charge in [0.1, 0.15) is 23.8 Å². The highest BCUT2D eigenvalue weighted by Crippen LogP contribution is 2.30. The van der Waals surface area contributed by atoms with Gasteiger partial charge in [0.2, 0.25) is 5.28 Å². The first-order chi connectivity index (χ1) is 9.54. The Kier molecular flexibility index (Phi) is 3.22. The number of nitrogens with zero attached hydrogens (tertiary/aromatic N) is 3. The van der Waals surface area contributed by atoms with E-state index in [1.807, 2.05) is 0 Å². The summed E-state index contributed by atoms with van der Waals surface area (Å²) in [6.07, 6.45) is -3.29. The molecule has 0 unspecified atom stereocenters. The van der Waals surface area contributed by atoms with Crippen LogP contribution in [0.1, 0.15) is 6.23 Å². The summed E-state index contributed by atoms with van der Waals surface area (Å²) in [5, 5.41) is 36.8. The molecule has 0 saturated carbocycles. The van der Waals surface area contributed by atoms with Crippen LogP contribution in [0.4, 0.5) is 0 Å². The van der Waals surface area contributed by atoms with Crippen molar-refractivity contribution in [3.05, 3.63) is 17.1 Å². The minimum atomic E-state index is -1.33. The van der Waals surface area contributed by atoms with E-state index in [1.165, 1.54) is 6.33 Å². The lowest BCUT2D eigenvalue weighted by atomic mass is 10.1. The van der Waals surface area contributed by atoms with Crippen LogP contribution < -0.4 is 5.49 Å². The minimum absolute atomic E-state index is 0.0904. The quantitative estimate of drug-likeness (QED) is 0.428. The molecule has 0 radical (unpaired) electrons. The number of aromatic amines is 1. The molecule has 9 nitrogen and oxygen atoms in total. The molecule has 5 N–H and O–H groups in total. The van der Waals surface area contributed by atoms with Gasteiger partial charge in [-0.05, 0) is 11.6 Å². The lowest BCUT2D eigenvalue weighted by Crippen LogP contribution is -2.36. The molecule has 0 aliphatic carbocycles. The number of aliphatic hydroxyl groups excluding tert-OH is 3. The number of H-pyrrole nitrogens is 1. The molecular formula is C10H12ClN5O4. The highest BCUT2D eigenvalue weighted by atomic mass is 35.5. The lowest BCUT2D eigenvalue weighted by Gasteiger charge is -2.19. The Balaban J connectivity index is 2.13. The number of hydrogen-bond acceptors (Lipinski definition) is 7. The first-order valence-corrected chi connectivity index (χ1v) is 6.20. The fraction of sp³-hybridized carbons (Fsp3) is 0.500. The van der Waals surface area contributed by atoms with E-state index >= 15 is 0 Å². The monoisotopic (exact) mass is 301 g/mol. The molecule has 0 spiro atoms. The third-order valence-corrected chi connectivity index (χ3v) is 3.53. The molecule has 108 valence electrons. The second-order valence-corrected chi connectivity index (χ2v) is 4.77. The smallest absolute Gasteiger partial charge is 0.208 e. The van der Waals surface area contributed by atoms with Gasteiger partial charge in [-0.15, -0.1) is 0 Å². The molecule has 20 heavy (non-hydrogen) atoms. The van der Waals surface area contributed by atoms with Crippen molar-refractivity contribution >= 4 is 22.8 Å². The molecule has 3 rings (SSSR count). The van der Waals surface area contributed by atoms with Crippen LogP contribution >= 0.6 is 11.6 Å². The summed E-state index contributed by atoms with van der Waals surface area (Å²) in [6, 6.07) is 0. The van der Waals surface area contributed by atoms with Gasteiger partial charge in [0, 0.05) is 0 Å². The van der Waals surface area contributed by atoms with Crippen molar-refractivity contribution in [2.24, 2.45) is 0 Å². The molecule has 3 heterocycles. The predicted molar refractivity (Wildman–Crippen MR) is 65.8 cm³/mol. The van der Waals surface area contributed by atoms with Crippen LogP contribution in [0.15, 0.2) is 6.33 Å². The van der Waals surface area contributed by atoms with E-state index in [9.17, 15) is 10.2 Å². The Bertz CT molecular complexity index is 701. The molecular weight excluding hydrogens is 290 g/mol. The maximum absolute atomic E-state index is 9.98. The number of imidazole rings is 1. The Labute approximate surface area is 116 Å². The minimum Gasteiger partial charge on any atom is -0.394 e. The Morgan fingerprint density at radius 1 is 1.45 bits per heavy atom. The zero-order valence-electron chi connectivity index (χ0n) is 10.1. The zero-order chi connectivity index (χ0) is 14.4. The molecule has 0 amide bonds. The fourth-order valence-corrected chi connectivity index (χ4v) is 2.49. The molecule has 0 bridgehead atoms. The summed E-state index contributed by atoms with van der Waals surface area (Å²) in [5.74, 6) is 0. The lowest BCUT2D eigenvalue weighted by molar-refractivity contribution is -0.0549. The van der Waals surface area contributed by atoms with E-state index < -0.39 is 31.1 Å². The Morgan fingerprint density at radius 2 is 2.20 bits per heavy atom. The third-order valence-electron chi connectivity index (χ3n) is 3.27. The van der Waals surface area contributed by atoms with Crippen molar-refractivity contribution in [1.82, 2.24) is 19.5 Å². The fourth-order valence-electron chi connectivity index (χ4n) is 2.23. The van der Waals surface area contributed by atoms with Gasteiger partial charge in [0.15, 0.2) is 17.4 Å². The number of aliphatic hydroxyl groups is 3. The van der Waals surface area contributed by atoms with Crippen LogP contribution in [0.2, 0.25) is 5.28 Å². The third kappa shape index (κ3) is 1.83. The summed E-state index contributed by atoms with van der Waals surface area (Å²) in [4.78, 5) is 10.6. The van der Waals surface area contributed by atoms with E-state index in [2.05, 4.69) is 15.0 Å². The molecule has 1 aliphatic rings. The van der Waals surface area contributed by atoms with Crippen molar-refractivity contribution < 1.29 is 20.1 Å². The van der Waals surface area contributed by atoms with Crippen molar-refractivity contribution in [2.45, 2.75) is 24.5 Å². The van der Waals surface area contributed by atoms with Gasteiger partial charge >= 0.3 is 0 Å². The van der Waals surface area contributed by atoms with Crippen molar-refractivity contribution in [3.8, 4) is 0 Å². The van der Waals surface area contributed by atoms with Gasteiger partial charge in [-0.2, -0.15) is 4.98 Å². The maximum Gasteiger partial charge on any atom is 0.208 e. The van der Waals surface area contributed by atoms with Crippen molar-refractivity contribution in [3.63, 3.8) is 0 Å². The van der Waals surface area contributed by atoms with Crippen LogP contribution in [0.5, 0.6) is 0 Å². The van der Waals surface area contributed by atoms with Gasteiger partial charge in [-0.3, -0.25) is 9.98 Å². The molecule has 2 aromatic heterocycles. The molecule has 10 heteroatoms. The Hall–Kier alpha value is -1.52. The predicted octanol–water partition coefficient (Wildman–Crippen LogP) is -1.50.